The maximum atomic E-state index is 10.2. The minimum Gasteiger partial charge on any atom is -0.507 e. The van der Waals surface area contributed by atoms with Gasteiger partial charge in [0.15, 0.2) is 0 Å². The molecule has 0 saturated heterocycles. The van der Waals surface area contributed by atoms with Crippen LogP contribution in [0.4, 0.5) is 0 Å². The van der Waals surface area contributed by atoms with E-state index in [1.165, 1.54) is 0 Å². The SMILES string of the molecule is CCOc1c(C)c(CC)c(O)c(CC)c1C. The summed E-state index contributed by atoms with van der Waals surface area (Å²) in [6, 6.07) is 0. The highest BCUT2D eigenvalue weighted by atomic mass is 16.5. The second-order valence-corrected chi connectivity index (χ2v) is 4.02. The van der Waals surface area contributed by atoms with Gasteiger partial charge >= 0.3 is 0 Å². The van der Waals surface area contributed by atoms with Crippen molar-refractivity contribution in [3.63, 3.8) is 0 Å². The van der Waals surface area contributed by atoms with E-state index < -0.39 is 0 Å². The van der Waals surface area contributed by atoms with E-state index in [4.69, 9.17) is 4.74 Å². The summed E-state index contributed by atoms with van der Waals surface area (Å²) in [7, 11) is 0. The number of phenols is 1. The van der Waals surface area contributed by atoms with Crippen LogP contribution >= 0.6 is 0 Å². The Bertz CT molecular complexity index is 350. The van der Waals surface area contributed by atoms with Crippen molar-refractivity contribution in [1.82, 2.24) is 0 Å². The van der Waals surface area contributed by atoms with Crippen LogP contribution in [0.15, 0.2) is 0 Å². The van der Waals surface area contributed by atoms with Gasteiger partial charge in [0.05, 0.1) is 6.61 Å². The van der Waals surface area contributed by atoms with Crippen LogP contribution < -0.4 is 4.74 Å². The van der Waals surface area contributed by atoms with Crippen LogP contribution in [-0.2, 0) is 12.8 Å². The van der Waals surface area contributed by atoms with Crippen LogP contribution in [-0.4, -0.2) is 11.7 Å². The predicted molar refractivity (Wildman–Crippen MR) is 67.5 cm³/mol. The standard InChI is InChI=1S/C14H22O2/c1-6-11-9(4)14(16-8-3)10(5)12(7-2)13(11)15/h15H,6-8H2,1-5H3. The molecule has 0 unspecified atom stereocenters. The van der Waals surface area contributed by atoms with Crippen LogP contribution in [0.3, 0.4) is 0 Å². The lowest BCUT2D eigenvalue weighted by atomic mass is 9.94. The molecule has 0 amide bonds. The third-order valence-electron chi connectivity index (χ3n) is 3.15. The zero-order chi connectivity index (χ0) is 12.3. The first-order chi connectivity index (χ1) is 7.58. The first kappa shape index (κ1) is 12.9. The van der Waals surface area contributed by atoms with E-state index in [0.29, 0.717) is 12.4 Å². The molecule has 16 heavy (non-hydrogen) atoms. The van der Waals surface area contributed by atoms with Gasteiger partial charge in [0.1, 0.15) is 11.5 Å². The molecule has 1 aromatic carbocycles. The Balaban J connectivity index is 3.49. The van der Waals surface area contributed by atoms with E-state index >= 15 is 0 Å². The van der Waals surface area contributed by atoms with Gasteiger partial charge in [-0.1, -0.05) is 13.8 Å². The first-order valence-electron chi connectivity index (χ1n) is 6.04. The van der Waals surface area contributed by atoms with Gasteiger partial charge in [-0.2, -0.15) is 0 Å². The topological polar surface area (TPSA) is 29.5 Å². The second-order valence-electron chi connectivity index (χ2n) is 4.02. The van der Waals surface area contributed by atoms with Crippen molar-refractivity contribution in [1.29, 1.82) is 0 Å². The lowest BCUT2D eigenvalue weighted by Crippen LogP contribution is -2.03. The zero-order valence-corrected chi connectivity index (χ0v) is 11.0. The van der Waals surface area contributed by atoms with Gasteiger partial charge in [-0.25, -0.2) is 0 Å². The maximum absolute atomic E-state index is 10.2. The normalized spacial score (nSPS) is 10.6. The van der Waals surface area contributed by atoms with Crippen molar-refractivity contribution in [2.45, 2.75) is 47.5 Å². The molecule has 0 heterocycles. The van der Waals surface area contributed by atoms with Crippen molar-refractivity contribution in [3.8, 4) is 11.5 Å². The third-order valence-corrected chi connectivity index (χ3v) is 3.15. The Hall–Kier alpha value is -1.18. The van der Waals surface area contributed by atoms with Crippen molar-refractivity contribution in [3.05, 3.63) is 22.3 Å². The molecule has 0 radical (unpaired) electrons. The Morgan fingerprint density at radius 2 is 1.38 bits per heavy atom. The smallest absolute Gasteiger partial charge is 0.125 e. The lowest BCUT2D eigenvalue weighted by molar-refractivity contribution is 0.333. The number of benzene rings is 1. The summed E-state index contributed by atoms with van der Waals surface area (Å²) in [5.74, 6) is 1.41. The van der Waals surface area contributed by atoms with Crippen LogP contribution in [0.5, 0.6) is 11.5 Å². The minimum atomic E-state index is 0.462. The number of aromatic hydroxyl groups is 1. The Morgan fingerprint density at radius 3 is 1.69 bits per heavy atom. The highest BCUT2D eigenvalue weighted by Crippen LogP contribution is 2.38. The minimum absolute atomic E-state index is 0.462. The van der Waals surface area contributed by atoms with E-state index in [1.807, 2.05) is 20.8 Å². The summed E-state index contributed by atoms with van der Waals surface area (Å²) in [6.45, 7) is 10.8. The summed E-state index contributed by atoms with van der Waals surface area (Å²) in [5.41, 5.74) is 4.20. The molecule has 0 fully saturated rings. The molecule has 0 aromatic heterocycles. The number of hydrogen-bond acceptors (Lipinski definition) is 2. The van der Waals surface area contributed by atoms with Gasteiger partial charge in [-0.3, -0.25) is 0 Å². The molecule has 1 rings (SSSR count). The third kappa shape index (κ3) is 2.01. The van der Waals surface area contributed by atoms with E-state index in [-0.39, 0.29) is 0 Å². The molecule has 1 N–H and O–H groups in total. The first-order valence-corrected chi connectivity index (χ1v) is 6.04. The molecular formula is C14H22O2. The molecule has 2 heteroatoms. The molecule has 0 saturated carbocycles. The highest BCUT2D eigenvalue weighted by molar-refractivity contribution is 5.57. The molecule has 0 aliphatic rings. The number of hydrogen-bond donors (Lipinski definition) is 1. The maximum Gasteiger partial charge on any atom is 0.125 e. The summed E-state index contributed by atoms with van der Waals surface area (Å²) in [4.78, 5) is 0. The molecular weight excluding hydrogens is 200 g/mol. The Labute approximate surface area is 98.3 Å². The summed E-state index contributed by atoms with van der Waals surface area (Å²) < 4.78 is 5.70. The average Bonchev–Trinajstić information content (AvgIpc) is 2.26. The predicted octanol–water partition coefficient (Wildman–Crippen LogP) is 3.53. The van der Waals surface area contributed by atoms with Gasteiger partial charge < -0.3 is 9.84 Å². The fourth-order valence-corrected chi connectivity index (χ4v) is 2.32. The van der Waals surface area contributed by atoms with Gasteiger partial charge in [0.25, 0.3) is 0 Å². The summed E-state index contributed by atoms with van der Waals surface area (Å²) in [5, 5.41) is 10.2. The average molecular weight is 222 g/mol. The van der Waals surface area contributed by atoms with E-state index in [2.05, 4.69) is 13.8 Å². The van der Waals surface area contributed by atoms with Crippen LogP contribution in [0, 0.1) is 13.8 Å². The Kier molecular flexibility index (Phi) is 4.22. The van der Waals surface area contributed by atoms with E-state index in [9.17, 15) is 5.11 Å². The van der Waals surface area contributed by atoms with Crippen LogP contribution in [0.25, 0.3) is 0 Å². The largest absolute Gasteiger partial charge is 0.507 e. The number of ether oxygens (including phenoxy) is 1. The van der Waals surface area contributed by atoms with Crippen LogP contribution in [0.1, 0.15) is 43.0 Å². The Morgan fingerprint density at radius 1 is 0.938 bits per heavy atom. The van der Waals surface area contributed by atoms with Crippen molar-refractivity contribution < 1.29 is 9.84 Å². The molecule has 0 aliphatic heterocycles. The fraction of sp³-hybridized carbons (Fsp3) is 0.571. The quantitative estimate of drug-likeness (QED) is 0.844. The molecule has 0 spiro atoms. The van der Waals surface area contributed by atoms with E-state index in [0.717, 1.165) is 40.8 Å². The molecule has 90 valence electrons. The van der Waals surface area contributed by atoms with Gasteiger partial charge in [-0.15, -0.1) is 0 Å². The zero-order valence-electron chi connectivity index (χ0n) is 11.0. The van der Waals surface area contributed by atoms with E-state index in [1.54, 1.807) is 0 Å². The highest BCUT2D eigenvalue weighted by Gasteiger charge is 2.17. The molecule has 1 aromatic rings. The van der Waals surface area contributed by atoms with Gasteiger partial charge in [0.2, 0.25) is 0 Å². The summed E-state index contributed by atoms with van der Waals surface area (Å²) >= 11 is 0. The monoisotopic (exact) mass is 222 g/mol. The van der Waals surface area contributed by atoms with Gasteiger partial charge in [0, 0.05) is 11.1 Å². The second kappa shape index (κ2) is 5.24. The molecule has 0 atom stereocenters. The molecule has 2 nitrogen and oxygen atoms in total. The van der Waals surface area contributed by atoms with Crippen molar-refractivity contribution in [2.75, 3.05) is 6.61 Å². The lowest BCUT2D eigenvalue weighted by Gasteiger charge is -2.19. The van der Waals surface area contributed by atoms with Crippen molar-refractivity contribution >= 4 is 0 Å². The number of phenolic OH excluding ortho intramolecular Hbond substituents is 1. The molecule has 0 bridgehead atoms. The number of rotatable bonds is 4. The van der Waals surface area contributed by atoms with Crippen LogP contribution in [0.2, 0.25) is 0 Å². The van der Waals surface area contributed by atoms with Crippen molar-refractivity contribution in [2.24, 2.45) is 0 Å². The fourth-order valence-electron chi connectivity index (χ4n) is 2.32. The van der Waals surface area contributed by atoms with Gasteiger partial charge in [-0.05, 0) is 44.7 Å². The summed E-state index contributed by atoms with van der Waals surface area (Å²) in [6.07, 6.45) is 1.68. The molecule has 0 aliphatic carbocycles.